The SMILES string of the molecule is CC[S@](=O)c1ccccc1C(=O)Oc1ccc(C(=O)c2ccc(Cl)cc2)cc1. The first-order valence-electron chi connectivity index (χ1n) is 8.59. The number of rotatable bonds is 6. The van der Waals surface area contributed by atoms with Crippen LogP contribution >= 0.6 is 11.6 Å². The maximum atomic E-state index is 12.5. The zero-order valence-corrected chi connectivity index (χ0v) is 16.6. The van der Waals surface area contributed by atoms with Crippen LogP contribution in [0.4, 0.5) is 0 Å². The van der Waals surface area contributed by atoms with Gasteiger partial charge in [-0.05, 0) is 60.7 Å². The molecule has 0 heterocycles. The maximum Gasteiger partial charge on any atom is 0.344 e. The van der Waals surface area contributed by atoms with Crippen molar-refractivity contribution in [3.8, 4) is 5.75 Å². The van der Waals surface area contributed by atoms with Gasteiger partial charge >= 0.3 is 5.97 Å². The van der Waals surface area contributed by atoms with Crippen LogP contribution in [-0.2, 0) is 10.8 Å². The van der Waals surface area contributed by atoms with Gasteiger partial charge < -0.3 is 4.74 Å². The molecule has 0 saturated heterocycles. The van der Waals surface area contributed by atoms with Crippen LogP contribution in [0.3, 0.4) is 0 Å². The lowest BCUT2D eigenvalue weighted by molar-refractivity contribution is 0.0731. The quantitative estimate of drug-likeness (QED) is 0.327. The van der Waals surface area contributed by atoms with E-state index in [2.05, 4.69) is 0 Å². The number of halogens is 1. The van der Waals surface area contributed by atoms with Gasteiger partial charge in [0.15, 0.2) is 5.78 Å². The minimum Gasteiger partial charge on any atom is -0.423 e. The van der Waals surface area contributed by atoms with E-state index >= 15 is 0 Å². The van der Waals surface area contributed by atoms with Crippen molar-refractivity contribution in [3.63, 3.8) is 0 Å². The molecule has 0 N–H and O–H groups in total. The van der Waals surface area contributed by atoms with Crippen LogP contribution in [0.5, 0.6) is 5.75 Å². The van der Waals surface area contributed by atoms with Crippen molar-refractivity contribution >= 4 is 34.2 Å². The Morgan fingerprint density at radius 2 is 1.46 bits per heavy atom. The van der Waals surface area contributed by atoms with E-state index in [4.69, 9.17) is 16.3 Å². The molecule has 0 fully saturated rings. The van der Waals surface area contributed by atoms with Gasteiger partial charge in [0.1, 0.15) is 5.75 Å². The fourth-order valence-electron chi connectivity index (χ4n) is 2.59. The number of hydrogen-bond acceptors (Lipinski definition) is 4. The lowest BCUT2D eigenvalue weighted by Crippen LogP contribution is -2.12. The molecule has 0 unspecified atom stereocenters. The molecule has 28 heavy (non-hydrogen) atoms. The third-order valence-corrected chi connectivity index (χ3v) is 5.67. The van der Waals surface area contributed by atoms with E-state index in [-0.39, 0.29) is 11.3 Å². The second kappa shape index (κ2) is 8.95. The van der Waals surface area contributed by atoms with Gasteiger partial charge in [0, 0.05) is 21.9 Å². The monoisotopic (exact) mass is 412 g/mol. The second-order valence-electron chi connectivity index (χ2n) is 5.88. The molecule has 0 bridgehead atoms. The van der Waals surface area contributed by atoms with Crippen molar-refractivity contribution in [2.24, 2.45) is 0 Å². The minimum absolute atomic E-state index is 0.154. The summed E-state index contributed by atoms with van der Waals surface area (Å²) in [6.07, 6.45) is 0. The number of ketones is 1. The minimum atomic E-state index is -1.27. The highest BCUT2D eigenvalue weighted by Crippen LogP contribution is 2.20. The molecule has 0 aliphatic heterocycles. The molecule has 0 radical (unpaired) electrons. The summed E-state index contributed by atoms with van der Waals surface area (Å²) >= 11 is 5.84. The highest BCUT2D eigenvalue weighted by molar-refractivity contribution is 7.85. The summed E-state index contributed by atoms with van der Waals surface area (Å²) in [7, 11) is -1.27. The van der Waals surface area contributed by atoms with Gasteiger partial charge in [0.2, 0.25) is 0 Å². The number of benzene rings is 3. The van der Waals surface area contributed by atoms with Crippen molar-refractivity contribution in [2.45, 2.75) is 11.8 Å². The van der Waals surface area contributed by atoms with Gasteiger partial charge in [-0.1, -0.05) is 30.7 Å². The number of ether oxygens (including phenoxy) is 1. The standard InChI is InChI=1S/C22H17ClO4S/c1-2-28(26)20-6-4-3-5-19(20)22(25)27-18-13-9-16(10-14-18)21(24)15-7-11-17(23)12-8-15/h3-14H,2H2,1H3/t28-/m0/s1. The Morgan fingerprint density at radius 1 is 0.893 bits per heavy atom. The molecule has 0 spiro atoms. The van der Waals surface area contributed by atoms with Crippen LogP contribution in [0.1, 0.15) is 33.2 Å². The molecule has 3 rings (SSSR count). The number of carbonyl (C=O) groups is 2. The van der Waals surface area contributed by atoms with E-state index in [1.54, 1.807) is 79.7 Å². The molecule has 3 aromatic rings. The first-order chi connectivity index (χ1) is 13.5. The van der Waals surface area contributed by atoms with E-state index < -0.39 is 16.8 Å². The van der Waals surface area contributed by atoms with Crippen LogP contribution in [0, 0.1) is 0 Å². The van der Waals surface area contributed by atoms with Crippen LogP contribution in [0.15, 0.2) is 77.7 Å². The normalized spacial score (nSPS) is 11.6. The summed E-state index contributed by atoms with van der Waals surface area (Å²) in [6.45, 7) is 1.79. The van der Waals surface area contributed by atoms with Gasteiger partial charge in [-0.15, -0.1) is 0 Å². The van der Waals surface area contributed by atoms with Crippen LogP contribution in [-0.4, -0.2) is 21.7 Å². The Labute approximate surface area is 170 Å². The van der Waals surface area contributed by atoms with E-state index in [1.807, 2.05) is 0 Å². The Kier molecular flexibility index (Phi) is 6.39. The average molecular weight is 413 g/mol. The lowest BCUT2D eigenvalue weighted by atomic mass is 10.0. The van der Waals surface area contributed by atoms with Gasteiger partial charge in [-0.3, -0.25) is 9.00 Å². The third kappa shape index (κ3) is 4.55. The van der Waals surface area contributed by atoms with Crippen molar-refractivity contribution in [2.75, 3.05) is 5.75 Å². The molecule has 4 nitrogen and oxygen atoms in total. The van der Waals surface area contributed by atoms with Gasteiger partial charge in [0.05, 0.1) is 21.3 Å². The predicted octanol–water partition coefficient (Wildman–Crippen LogP) is 4.92. The predicted molar refractivity (Wildman–Crippen MR) is 110 cm³/mol. The Bertz CT molecular complexity index is 1030. The highest BCUT2D eigenvalue weighted by atomic mass is 35.5. The van der Waals surface area contributed by atoms with Crippen molar-refractivity contribution < 1.29 is 18.5 Å². The molecule has 0 amide bonds. The third-order valence-electron chi connectivity index (χ3n) is 4.05. The summed E-state index contributed by atoms with van der Waals surface area (Å²) in [4.78, 5) is 25.4. The van der Waals surface area contributed by atoms with Crippen LogP contribution in [0.2, 0.25) is 5.02 Å². The first-order valence-corrected chi connectivity index (χ1v) is 10.3. The van der Waals surface area contributed by atoms with Crippen molar-refractivity contribution in [1.82, 2.24) is 0 Å². The molecule has 0 saturated carbocycles. The first kappa shape index (κ1) is 20.0. The molecular formula is C22H17ClO4S. The topological polar surface area (TPSA) is 60.4 Å². The Morgan fingerprint density at radius 3 is 2.07 bits per heavy atom. The summed E-state index contributed by atoms with van der Waals surface area (Å²) < 4.78 is 17.5. The largest absolute Gasteiger partial charge is 0.423 e. The summed E-state index contributed by atoms with van der Waals surface area (Å²) in [6, 6.07) is 19.6. The van der Waals surface area contributed by atoms with Crippen LogP contribution < -0.4 is 4.74 Å². The van der Waals surface area contributed by atoms with Gasteiger partial charge in [-0.25, -0.2) is 4.79 Å². The zero-order valence-electron chi connectivity index (χ0n) is 15.1. The van der Waals surface area contributed by atoms with E-state index in [9.17, 15) is 13.8 Å². The number of esters is 1. The molecule has 0 aliphatic carbocycles. The summed E-state index contributed by atoms with van der Waals surface area (Å²) in [5.74, 6) is -0.0339. The molecule has 142 valence electrons. The average Bonchev–Trinajstić information content (AvgIpc) is 2.73. The highest BCUT2D eigenvalue weighted by Gasteiger charge is 2.17. The lowest BCUT2D eigenvalue weighted by Gasteiger charge is -2.09. The molecule has 3 aromatic carbocycles. The molecule has 0 aromatic heterocycles. The fraction of sp³-hybridized carbons (Fsp3) is 0.0909. The summed E-state index contributed by atoms with van der Waals surface area (Å²) in [5, 5.41) is 0.558. The summed E-state index contributed by atoms with van der Waals surface area (Å²) in [5.41, 5.74) is 1.25. The molecular weight excluding hydrogens is 396 g/mol. The van der Waals surface area contributed by atoms with E-state index in [0.29, 0.717) is 32.5 Å². The van der Waals surface area contributed by atoms with E-state index in [0.717, 1.165) is 0 Å². The van der Waals surface area contributed by atoms with Crippen LogP contribution in [0.25, 0.3) is 0 Å². The molecule has 6 heteroatoms. The van der Waals surface area contributed by atoms with Crippen molar-refractivity contribution in [3.05, 3.63) is 94.5 Å². The maximum absolute atomic E-state index is 12.5. The fourth-order valence-corrected chi connectivity index (χ4v) is 3.66. The number of hydrogen-bond donors (Lipinski definition) is 0. The Balaban J connectivity index is 1.76. The van der Waals surface area contributed by atoms with Gasteiger partial charge in [-0.2, -0.15) is 0 Å². The number of carbonyl (C=O) groups excluding carboxylic acids is 2. The molecule has 1 atom stereocenters. The zero-order chi connectivity index (χ0) is 20.1. The smallest absolute Gasteiger partial charge is 0.344 e. The van der Waals surface area contributed by atoms with Gasteiger partial charge in [0.25, 0.3) is 0 Å². The Hall–Kier alpha value is -2.76. The van der Waals surface area contributed by atoms with E-state index in [1.165, 1.54) is 0 Å². The van der Waals surface area contributed by atoms with Crippen molar-refractivity contribution in [1.29, 1.82) is 0 Å². The second-order valence-corrected chi connectivity index (χ2v) is 8.02. The molecule has 0 aliphatic rings.